The van der Waals surface area contributed by atoms with Crippen molar-refractivity contribution >= 4 is 35.1 Å². The van der Waals surface area contributed by atoms with E-state index in [4.69, 9.17) is 16.3 Å². The van der Waals surface area contributed by atoms with E-state index in [9.17, 15) is 9.90 Å². The summed E-state index contributed by atoms with van der Waals surface area (Å²) in [6.45, 7) is 4.55. The molecular formula is C35H43ClN2O3S. The number of aryl methyl sites for hydroxylation is 1. The minimum Gasteiger partial charge on any atom is -0.490 e. The molecule has 5 nitrogen and oxygen atoms in total. The van der Waals surface area contributed by atoms with Crippen LogP contribution in [0.4, 0.5) is 5.69 Å². The van der Waals surface area contributed by atoms with Crippen LogP contribution in [-0.2, 0) is 11.8 Å². The highest BCUT2D eigenvalue weighted by atomic mass is 35.5. The van der Waals surface area contributed by atoms with Gasteiger partial charge in [-0.05, 0) is 122 Å². The number of carbonyl (C=O) groups excluding carboxylic acids is 1. The first-order valence-corrected chi connectivity index (χ1v) is 17.3. The molecule has 0 aromatic heterocycles. The Balaban J connectivity index is 1.24. The van der Waals surface area contributed by atoms with Crippen molar-refractivity contribution in [3.63, 3.8) is 0 Å². The van der Waals surface area contributed by atoms with E-state index in [2.05, 4.69) is 40.8 Å². The Morgan fingerprint density at radius 3 is 2.86 bits per heavy atom. The van der Waals surface area contributed by atoms with Crippen LogP contribution in [-0.4, -0.2) is 42.1 Å². The maximum absolute atomic E-state index is 13.5. The number of allylic oxidation sites excluding steroid dienone is 1. The number of benzene rings is 2. The second-order valence-electron chi connectivity index (χ2n) is 13.7. The van der Waals surface area contributed by atoms with Crippen molar-refractivity contribution in [3.05, 3.63) is 70.3 Å². The molecule has 2 saturated carbocycles. The first kappa shape index (κ1) is 28.6. The predicted molar refractivity (Wildman–Crippen MR) is 172 cm³/mol. The minimum atomic E-state index is -0.418. The summed E-state index contributed by atoms with van der Waals surface area (Å²) in [6.07, 6.45) is 13.8. The van der Waals surface area contributed by atoms with Gasteiger partial charge in [-0.3, -0.25) is 9.52 Å². The fraction of sp³-hybridized carbons (Fsp3) is 0.571. The Kier molecular flexibility index (Phi) is 8.00. The zero-order chi connectivity index (χ0) is 28.8. The van der Waals surface area contributed by atoms with Crippen LogP contribution in [0, 0.1) is 23.7 Å². The standard InChI is InChI=1S/C35H43ClN2O3S/c1-22-4-2-6-31(39)28-12-9-26(28)19-38-20-35(15-3-5-24-17-27(36)11-13-29(24)35)21-41-32-14-10-25(18-30(32)38)34(40)37-42-33(22)16-23-7-8-23/h2,6,10-11,13-14,17-18,22-23,26,28,31,33,39H,3-5,7-9,12,15-16,19-21H2,1H3,(H,37,40)/b6-2-/t22-,26+,28-,31+,33-,35+/m1/s1. The number of aliphatic hydroxyl groups is 1. The first-order chi connectivity index (χ1) is 20.4. The lowest BCUT2D eigenvalue weighted by atomic mass is 9.68. The number of halogens is 1. The quantitative estimate of drug-likeness (QED) is 0.277. The minimum absolute atomic E-state index is 0.0352. The smallest absolute Gasteiger partial charge is 0.261 e. The molecule has 2 bridgehead atoms. The zero-order valence-electron chi connectivity index (χ0n) is 24.6. The van der Waals surface area contributed by atoms with Gasteiger partial charge in [0.25, 0.3) is 5.91 Å². The van der Waals surface area contributed by atoms with Gasteiger partial charge >= 0.3 is 0 Å². The first-order valence-electron chi connectivity index (χ1n) is 16.0. The largest absolute Gasteiger partial charge is 0.490 e. The highest BCUT2D eigenvalue weighted by Gasteiger charge is 2.44. The van der Waals surface area contributed by atoms with Crippen molar-refractivity contribution in [2.45, 2.75) is 81.5 Å². The lowest BCUT2D eigenvalue weighted by Crippen LogP contribution is -2.49. The number of nitrogens with zero attached hydrogens (tertiary/aromatic N) is 1. The Bertz CT molecular complexity index is 1360. The monoisotopic (exact) mass is 606 g/mol. The summed E-state index contributed by atoms with van der Waals surface area (Å²) in [5, 5.41) is 12.4. The number of nitrogens with one attached hydrogen (secondary N) is 1. The number of fused-ring (bicyclic) bond motifs is 4. The second kappa shape index (κ2) is 11.7. The van der Waals surface area contributed by atoms with E-state index in [1.54, 1.807) is 11.9 Å². The lowest BCUT2D eigenvalue weighted by Gasteiger charge is -2.45. The third-order valence-corrected chi connectivity index (χ3v) is 12.2. The average molecular weight is 607 g/mol. The summed E-state index contributed by atoms with van der Waals surface area (Å²) in [5.41, 5.74) is 4.19. The molecule has 2 fully saturated rings. The molecule has 2 aromatic rings. The van der Waals surface area contributed by atoms with Crippen molar-refractivity contribution in [1.29, 1.82) is 0 Å². The van der Waals surface area contributed by atoms with Crippen molar-refractivity contribution in [2.75, 3.05) is 24.6 Å². The highest BCUT2D eigenvalue weighted by molar-refractivity contribution is 7.98. The summed E-state index contributed by atoms with van der Waals surface area (Å²) < 4.78 is 9.86. The molecule has 2 aliphatic heterocycles. The van der Waals surface area contributed by atoms with E-state index in [0.29, 0.717) is 29.3 Å². The maximum Gasteiger partial charge on any atom is 0.261 e. The number of ether oxygens (including phenoxy) is 1. The molecule has 1 spiro atoms. The van der Waals surface area contributed by atoms with Gasteiger partial charge in [-0.1, -0.05) is 49.6 Å². The van der Waals surface area contributed by atoms with Crippen molar-refractivity contribution in [3.8, 4) is 5.75 Å². The van der Waals surface area contributed by atoms with Gasteiger partial charge in [0.05, 0.1) is 18.4 Å². The summed E-state index contributed by atoms with van der Waals surface area (Å²) in [6, 6.07) is 12.3. The van der Waals surface area contributed by atoms with Crippen molar-refractivity contribution < 1.29 is 14.6 Å². The summed E-state index contributed by atoms with van der Waals surface area (Å²) in [5.74, 6) is 2.66. The number of aliphatic hydroxyl groups excluding tert-OH is 1. The van der Waals surface area contributed by atoms with Crippen LogP contribution in [0.1, 0.15) is 79.8 Å². The third kappa shape index (κ3) is 5.71. The summed E-state index contributed by atoms with van der Waals surface area (Å²) in [4.78, 5) is 16.0. The Labute approximate surface area is 259 Å². The number of rotatable bonds is 2. The zero-order valence-corrected chi connectivity index (χ0v) is 26.1. The van der Waals surface area contributed by atoms with Gasteiger partial charge in [0.15, 0.2) is 0 Å². The van der Waals surface area contributed by atoms with E-state index in [-0.39, 0.29) is 17.2 Å². The second-order valence-corrected chi connectivity index (χ2v) is 15.2. The Morgan fingerprint density at radius 1 is 1.17 bits per heavy atom. The van der Waals surface area contributed by atoms with E-state index in [1.807, 2.05) is 24.3 Å². The molecule has 1 amide bonds. The number of carbonyl (C=O) groups is 1. The fourth-order valence-corrected chi connectivity index (χ4v) is 9.09. The number of hydrogen-bond donors (Lipinski definition) is 2. The normalized spacial score (nSPS) is 33.8. The Hall–Kier alpha value is -2.15. The SMILES string of the molecule is C[C@@H]1C/C=C\[C@H](O)[C@@H]2CC[C@H]2CN2C[C@@]3(CCCc4cc(Cl)ccc43)COc3ccc(cc32)C(=O)NS[C@@H]1CC1CC1. The fourth-order valence-electron chi connectivity index (χ4n) is 7.80. The molecule has 0 saturated heterocycles. The molecule has 2 heterocycles. The molecule has 224 valence electrons. The van der Waals surface area contributed by atoms with Crippen LogP contribution in [0.5, 0.6) is 5.75 Å². The van der Waals surface area contributed by atoms with Gasteiger partial charge in [-0.25, -0.2) is 0 Å². The molecule has 2 N–H and O–H groups in total. The summed E-state index contributed by atoms with van der Waals surface area (Å²) in [7, 11) is 0. The predicted octanol–water partition coefficient (Wildman–Crippen LogP) is 7.34. The molecule has 7 rings (SSSR count). The van der Waals surface area contributed by atoms with Crippen LogP contribution in [0.2, 0.25) is 5.02 Å². The van der Waals surface area contributed by atoms with Gasteiger partial charge in [0.1, 0.15) is 5.75 Å². The number of anilines is 1. The van der Waals surface area contributed by atoms with Crippen LogP contribution >= 0.6 is 23.5 Å². The molecular weight excluding hydrogens is 564 g/mol. The number of amides is 1. The highest BCUT2D eigenvalue weighted by Crippen LogP contribution is 2.47. The van der Waals surface area contributed by atoms with Gasteiger partial charge in [-0.15, -0.1) is 0 Å². The molecule has 3 aliphatic carbocycles. The van der Waals surface area contributed by atoms with Crippen molar-refractivity contribution in [1.82, 2.24) is 4.72 Å². The van der Waals surface area contributed by atoms with Gasteiger partial charge in [0, 0.05) is 34.3 Å². The van der Waals surface area contributed by atoms with E-state index >= 15 is 0 Å². The third-order valence-electron chi connectivity index (χ3n) is 10.7. The van der Waals surface area contributed by atoms with Crippen LogP contribution < -0.4 is 14.4 Å². The van der Waals surface area contributed by atoms with Crippen LogP contribution in [0.15, 0.2) is 48.6 Å². The molecule has 42 heavy (non-hydrogen) atoms. The van der Waals surface area contributed by atoms with E-state index in [1.165, 1.54) is 24.0 Å². The van der Waals surface area contributed by atoms with Crippen LogP contribution in [0.25, 0.3) is 0 Å². The van der Waals surface area contributed by atoms with Crippen molar-refractivity contribution in [2.24, 2.45) is 23.7 Å². The van der Waals surface area contributed by atoms with E-state index in [0.717, 1.165) is 80.4 Å². The molecule has 5 aliphatic rings. The van der Waals surface area contributed by atoms with E-state index < -0.39 is 6.10 Å². The van der Waals surface area contributed by atoms with Gasteiger partial charge < -0.3 is 14.7 Å². The van der Waals surface area contributed by atoms with Crippen LogP contribution in [0.3, 0.4) is 0 Å². The maximum atomic E-state index is 13.5. The molecule has 7 heteroatoms. The molecule has 2 aromatic carbocycles. The summed E-state index contributed by atoms with van der Waals surface area (Å²) >= 11 is 8.02. The number of hydrogen-bond acceptors (Lipinski definition) is 5. The molecule has 0 radical (unpaired) electrons. The van der Waals surface area contributed by atoms with Gasteiger partial charge in [0.2, 0.25) is 0 Å². The average Bonchev–Trinajstić information content (AvgIpc) is 3.80. The van der Waals surface area contributed by atoms with Gasteiger partial charge in [-0.2, -0.15) is 0 Å². The molecule has 0 unspecified atom stereocenters. The lowest BCUT2D eigenvalue weighted by molar-refractivity contribution is 0.0455. The molecule has 6 atom stereocenters. The topological polar surface area (TPSA) is 61.8 Å². The Morgan fingerprint density at radius 2 is 2.05 bits per heavy atom.